The number of hydrogen-bond donors (Lipinski definition) is 1. The maximum absolute atomic E-state index is 14.2. The topological polar surface area (TPSA) is 69.7 Å². The third-order valence-corrected chi connectivity index (χ3v) is 4.78. The van der Waals surface area contributed by atoms with Crippen LogP contribution in [0.3, 0.4) is 0 Å². The first-order valence-electron chi connectivity index (χ1n) is 8.18. The van der Waals surface area contributed by atoms with Gasteiger partial charge in [-0.1, -0.05) is 24.3 Å². The predicted octanol–water partition coefficient (Wildman–Crippen LogP) is 3.58. The normalized spacial score (nSPS) is 20.0. The molecular formula is C20H14FN3O2. The molecule has 1 aromatic heterocycles. The first kappa shape index (κ1) is 14.9. The summed E-state index contributed by atoms with van der Waals surface area (Å²) in [6.07, 6.45) is 1.42. The molecule has 0 saturated carbocycles. The van der Waals surface area contributed by atoms with Gasteiger partial charge in [-0.25, -0.2) is 9.98 Å². The van der Waals surface area contributed by atoms with Gasteiger partial charge in [0.15, 0.2) is 5.54 Å². The Balaban J connectivity index is 1.76. The number of hydrogen-bond acceptors (Lipinski definition) is 5. The molecule has 0 bridgehead atoms. The molecule has 1 unspecified atom stereocenters. The molecule has 0 radical (unpaired) electrons. The van der Waals surface area contributed by atoms with Crippen molar-refractivity contribution < 1.29 is 13.9 Å². The summed E-state index contributed by atoms with van der Waals surface area (Å²) in [4.78, 5) is 8.34. The van der Waals surface area contributed by atoms with E-state index in [1.807, 2.05) is 42.5 Å². The highest BCUT2D eigenvalue weighted by Gasteiger charge is 2.46. The van der Waals surface area contributed by atoms with Crippen LogP contribution in [0.25, 0.3) is 11.1 Å². The van der Waals surface area contributed by atoms with Gasteiger partial charge in [0.2, 0.25) is 5.95 Å². The Labute approximate surface area is 148 Å². The number of rotatable bonds is 1. The Hall–Kier alpha value is -3.41. The first-order valence-corrected chi connectivity index (χ1v) is 8.18. The van der Waals surface area contributed by atoms with Crippen molar-refractivity contribution in [1.29, 1.82) is 0 Å². The standard InChI is InChI=1S/C20H14FN3O2/c21-18-13(4-3-9-23-18)12-7-8-17-15(10-12)20(11-25-19(22)24-20)14-5-1-2-6-16(14)26-17/h1-10H,11H2,(H2,22,24). The van der Waals surface area contributed by atoms with Gasteiger partial charge in [-0.2, -0.15) is 4.39 Å². The fourth-order valence-electron chi connectivity index (χ4n) is 3.58. The fourth-order valence-corrected chi connectivity index (χ4v) is 3.58. The lowest BCUT2D eigenvalue weighted by Gasteiger charge is -2.33. The van der Waals surface area contributed by atoms with Crippen LogP contribution < -0.4 is 10.5 Å². The van der Waals surface area contributed by atoms with Crippen molar-refractivity contribution in [1.82, 2.24) is 4.98 Å². The quantitative estimate of drug-likeness (QED) is 0.683. The summed E-state index contributed by atoms with van der Waals surface area (Å²) in [7, 11) is 0. The van der Waals surface area contributed by atoms with Gasteiger partial charge in [-0.15, -0.1) is 0 Å². The number of halogens is 1. The molecule has 1 atom stereocenters. The first-order chi connectivity index (χ1) is 12.7. The summed E-state index contributed by atoms with van der Waals surface area (Å²) < 4.78 is 25.7. The Morgan fingerprint density at radius 3 is 2.65 bits per heavy atom. The van der Waals surface area contributed by atoms with Crippen molar-refractivity contribution in [3.63, 3.8) is 0 Å². The van der Waals surface area contributed by atoms with E-state index in [2.05, 4.69) is 9.98 Å². The smallest absolute Gasteiger partial charge is 0.283 e. The van der Waals surface area contributed by atoms with Crippen molar-refractivity contribution in [2.75, 3.05) is 6.61 Å². The van der Waals surface area contributed by atoms with Crippen molar-refractivity contribution in [3.8, 4) is 22.6 Å². The maximum atomic E-state index is 14.2. The molecule has 128 valence electrons. The van der Waals surface area contributed by atoms with E-state index >= 15 is 0 Å². The van der Waals surface area contributed by atoms with Gasteiger partial charge in [0.05, 0.1) is 0 Å². The van der Waals surface area contributed by atoms with Crippen LogP contribution >= 0.6 is 0 Å². The van der Waals surface area contributed by atoms with E-state index < -0.39 is 11.5 Å². The van der Waals surface area contributed by atoms with Gasteiger partial charge in [0.1, 0.15) is 18.1 Å². The van der Waals surface area contributed by atoms with Crippen LogP contribution in [0.2, 0.25) is 0 Å². The zero-order chi connectivity index (χ0) is 17.7. The average molecular weight is 347 g/mol. The number of benzene rings is 2. The fraction of sp³-hybridized carbons (Fsp3) is 0.100. The Morgan fingerprint density at radius 1 is 1.00 bits per heavy atom. The minimum atomic E-state index is -0.803. The summed E-state index contributed by atoms with van der Waals surface area (Å²) in [6, 6.07) is 16.7. The molecule has 2 aliphatic heterocycles. The van der Waals surface area contributed by atoms with Crippen molar-refractivity contribution >= 4 is 6.02 Å². The van der Waals surface area contributed by atoms with Crippen molar-refractivity contribution in [2.45, 2.75) is 5.54 Å². The van der Waals surface area contributed by atoms with E-state index in [1.54, 1.807) is 12.1 Å². The van der Waals surface area contributed by atoms with Crippen LogP contribution in [0, 0.1) is 5.95 Å². The molecule has 2 N–H and O–H groups in total. The number of nitrogens with zero attached hydrogens (tertiary/aromatic N) is 2. The van der Waals surface area contributed by atoms with Gasteiger partial charge >= 0.3 is 0 Å². The lowest BCUT2D eigenvalue weighted by atomic mass is 9.80. The zero-order valence-corrected chi connectivity index (χ0v) is 13.6. The third kappa shape index (κ3) is 2.02. The van der Waals surface area contributed by atoms with Crippen LogP contribution in [0.15, 0.2) is 65.8 Å². The molecule has 3 heterocycles. The molecule has 6 heteroatoms. The summed E-state index contributed by atoms with van der Waals surface area (Å²) >= 11 is 0. The van der Waals surface area contributed by atoms with Crippen LogP contribution in [0.5, 0.6) is 11.5 Å². The number of nitrogens with two attached hydrogens (primary N) is 1. The SMILES string of the molecule is NC1=NC2(CO1)c1ccccc1Oc1ccc(-c3cccnc3F)cc12. The number of amidine groups is 1. The molecule has 2 aromatic carbocycles. The molecule has 5 nitrogen and oxygen atoms in total. The van der Waals surface area contributed by atoms with E-state index in [1.165, 1.54) is 6.20 Å². The van der Waals surface area contributed by atoms with Gasteiger partial charge in [-0.3, -0.25) is 0 Å². The summed E-state index contributed by atoms with van der Waals surface area (Å²) in [6.45, 7) is 0.269. The van der Waals surface area contributed by atoms with Gasteiger partial charge < -0.3 is 15.2 Å². The second-order valence-corrected chi connectivity index (χ2v) is 6.25. The molecule has 0 saturated heterocycles. The number of aliphatic imine (C=N–C) groups is 1. The lowest BCUT2D eigenvalue weighted by Crippen LogP contribution is -2.31. The average Bonchev–Trinajstić information content (AvgIpc) is 3.05. The van der Waals surface area contributed by atoms with E-state index in [-0.39, 0.29) is 12.6 Å². The molecule has 0 aliphatic carbocycles. The molecule has 1 spiro atoms. The molecular weight excluding hydrogens is 333 g/mol. The number of ether oxygens (including phenoxy) is 2. The largest absolute Gasteiger partial charge is 0.462 e. The number of fused-ring (bicyclic) bond motifs is 4. The van der Waals surface area contributed by atoms with Gasteiger partial charge in [-0.05, 0) is 35.9 Å². The van der Waals surface area contributed by atoms with Crippen LogP contribution in [-0.4, -0.2) is 17.6 Å². The summed E-state index contributed by atoms with van der Waals surface area (Å²) in [5.74, 6) is 0.838. The number of pyridine rings is 1. The van der Waals surface area contributed by atoms with Crippen LogP contribution in [-0.2, 0) is 10.3 Å². The second kappa shape index (κ2) is 5.29. The third-order valence-electron chi connectivity index (χ3n) is 4.78. The highest BCUT2D eigenvalue weighted by Crippen LogP contribution is 2.51. The number of aromatic nitrogens is 1. The zero-order valence-electron chi connectivity index (χ0n) is 13.6. The van der Waals surface area contributed by atoms with Gasteiger partial charge in [0, 0.05) is 22.9 Å². The van der Waals surface area contributed by atoms with E-state index in [0.29, 0.717) is 22.6 Å². The monoisotopic (exact) mass is 347 g/mol. The molecule has 2 aliphatic rings. The number of para-hydroxylation sites is 1. The predicted molar refractivity (Wildman–Crippen MR) is 94.5 cm³/mol. The van der Waals surface area contributed by atoms with Gasteiger partial charge in [0.25, 0.3) is 6.02 Å². The van der Waals surface area contributed by atoms with Crippen LogP contribution in [0.4, 0.5) is 4.39 Å². The molecule has 0 fully saturated rings. The molecule has 0 amide bonds. The van der Waals surface area contributed by atoms with Crippen molar-refractivity contribution in [2.24, 2.45) is 10.7 Å². The summed E-state index contributed by atoms with van der Waals surface area (Å²) in [5.41, 5.74) is 7.81. The van der Waals surface area contributed by atoms with E-state index in [0.717, 1.165) is 11.1 Å². The Kier molecular flexibility index (Phi) is 3.03. The molecule has 26 heavy (non-hydrogen) atoms. The van der Waals surface area contributed by atoms with Crippen LogP contribution in [0.1, 0.15) is 11.1 Å². The van der Waals surface area contributed by atoms with Crippen molar-refractivity contribution in [3.05, 3.63) is 77.9 Å². The molecule has 5 rings (SSSR count). The summed E-state index contributed by atoms with van der Waals surface area (Å²) in [5, 5.41) is 0. The van der Waals surface area contributed by atoms with E-state index in [9.17, 15) is 4.39 Å². The Morgan fingerprint density at radius 2 is 1.85 bits per heavy atom. The minimum absolute atomic E-state index is 0.130. The van der Waals surface area contributed by atoms with E-state index in [4.69, 9.17) is 15.2 Å². The Bertz CT molecular complexity index is 1070. The highest BCUT2D eigenvalue weighted by atomic mass is 19.1. The lowest BCUT2D eigenvalue weighted by molar-refractivity contribution is 0.264. The molecule has 3 aromatic rings. The maximum Gasteiger partial charge on any atom is 0.283 e. The highest BCUT2D eigenvalue weighted by molar-refractivity contribution is 5.77. The minimum Gasteiger partial charge on any atom is -0.462 e. The second-order valence-electron chi connectivity index (χ2n) is 6.25.